The maximum absolute atomic E-state index is 13.2. The predicted molar refractivity (Wildman–Crippen MR) is 116 cm³/mol. The summed E-state index contributed by atoms with van der Waals surface area (Å²) in [6.45, 7) is 3.21. The van der Waals surface area contributed by atoms with Crippen molar-refractivity contribution < 1.29 is 14.3 Å². The minimum absolute atomic E-state index is 0.225. The molecule has 2 heterocycles. The summed E-state index contributed by atoms with van der Waals surface area (Å²) in [4.78, 5) is 26.0. The number of carbonyl (C=O) groups is 2. The van der Waals surface area contributed by atoms with E-state index in [2.05, 4.69) is 10.4 Å². The minimum Gasteiger partial charge on any atom is -0.497 e. The van der Waals surface area contributed by atoms with Gasteiger partial charge in [0.15, 0.2) is 0 Å². The normalized spacial score (nSPS) is 13.4. The van der Waals surface area contributed by atoms with E-state index < -0.39 is 0 Å². The number of urea groups is 1. The van der Waals surface area contributed by atoms with Crippen LogP contribution in [0.15, 0.2) is 60.8 Å². The Bertz CT molecular complexity index is 1060. The first-order chi connectivity index (χ1) is 15.1. The second kappa shape index (κ2) is 8.91. The fourth-order valence-electron chi connectivity index (χ4n) is 3.63. The monoisotopic (exact) mass is 419 g/mol. The van der Waals surface area contributed by atoms with Gasteiger partial charge >= 0.3 is 6.03 Å². The Hall–Kier alpha value is -3.81. The number of para-hydroxylation sites is 1. The fourth-order valence-corrected chi connectivity index (χ4v) is 3.63. The fraction of sp³-hybridized carbons (Fsp3) is 0.261. The maximum atomic E-state index is 13.2. The van der Waals surface area contributed by atoms with Crippen LogP contribution in [0.1, 0.15) is 28.0 Å². The van der Waals surface area contributed by atoms with E-state index >= 15 is 0 Å². The first kappa shape index (κ1) is 20.5. The molecule has 0 spiro atoms. The lowest BCUT2D eigenvalue weighted by molar-refractivity contribution is 0.0375. The number of aromatic nitrogens is 2. The van der Waals surface area contributed by atoms with Crippen molar-refractivity contribution in [2.45, 2.75) is 19.9 Å². The summed E-state index contributed by atoms with van der Waals surface area (Å²) in [5.41, 5.74) is 3.06. The lowest BCUT2D eigenvalue weighted by atomic mass is 10.2. The van der Waals surface area contributed by atoms with Crippen molar-refractivity contribution in [3.05, 3.63) is 77.6 Å². The maximum Gasteiger partial charge on any atom is 0.336 e. The standard InChI is InChI=1S/C23H25N5O3/c1-17-21(16-25-28(17)19-7-4-3-5-8-19)22(29)26-13-6-14-27(26)23(30)24-15-18-9-11-20(31-2)12-10-18/h3-5,7-12,16H,6,13-15H2,1-2H3,(H,24,30). The number of nitrogens with one attached hydrogen (secondary N) is 1. The van der Waals surface area contributed by atoms with Crippen LogP contribution in [-0.4, -0.2) is 51.9 Å². The Morgan fingerprint density at radius 2 is 1.74 bits per heavy atom. The van der Waals surface area contributed by atoms with Crippen LogP contribution in [0.25, 0.3) is 5.69 Å². The molecule has 0 bridgehead atoms. The van der Waals surface area contributed by atoms with E-state index in [9.17, 15) is 9.59 Å². The highest BCUT2D eigenvalue weighted by atomic mass is 16.5. The summed E-state index contributed by atoms with van der Waals surface area (Å²) in [5.74, 6) is 0.537. The van der Waals surface area contributed by atoms with Crippen molar-refractivity contribution >= 4 is 11.9 Å². The lowest BCUT2D eigenvalue weighted by Crippen LogP contribution is -2.49. The molecule has 1 saturated heterocycles. The third-order valence-electron chi connectivity index (χ3n) is 5.34. The molecule has 0 saturated carbocycles. The van der Waals surface area contributed by atoms with E-state index in [0.717, 1.165) is 29.1 Å². The second-order valence-electron chi connectivity index (χ2n) is 7.30. The van der Waals surface area contributed by atoms with E-state index in [1.54, 1.807) is 18.0 Å². The summed E-state index contributed by atoms with van der Waals surface area (Å²) < 4.78 is 6.89. The molecule has 4 rings (SSSR count). The number of hydrogen-bond donors (Lipinski definition) is 1. The highest BCUT2D eigenvalue weighted by Gasteiger charge is 2.33. The van der Waals surface area contributed by atoms with Crippen LogP contribution in [0.4, 0.5) is 4.79 Å². The average molecular weight is 419 g/mol. The van der Waals surface area contributed by atoms with Crippen LogP contribution in [0, 0.1) is 6.92 Å². The molecule has 1 fully saturated rings. The van der Waals surface area contributed by atoms with Gasteiger partial charge in [0.2, 0.25) is 0 Å². The van der Waals surface area contributed by atoms with E-state index in [4.69, 9.17) is 4.74 Å². The molecule has 0 aliphatic carbocycles. The summed E-state index contributed by atoms with van der Waals surface area (Å²) >= 11 is 0. The number of amides is 3. The number of carbonyl (C=O) groups excluding carboxylic acids is 2. The predicted octanol–water partition coefficient (Wildman–Crippen LogP) is 3.16. The highest BCUT2D eigenvalue weighted by molar-refractivity contribution is 5.96. The molecule has 1 aliphatic heterocycles. The van der Waals surface area contributed by atoms with Crippen LogP contribution in [0.2, 0.25) is 0 Å². The summed E-state index contributed by atoms with van der Waals surface area (Å²) in [7, 11) is 1.61. The molecule has 2 aromatic carbocycles. The van der Waals surface area contributed by atoms with E-state index in [-0.39, 0.29) is 11.9 Å². The van der Waals surface area contributed by atoms with Gasteiger partial charge in [-0.3, -0.25) is 4.79 Å². The van der Waals surface area contributed by atoms with Crippen LogP contribution in [0.5, 0.6) is 5.75 Å². The third kappa shape index (κ3) is 4.23. The molecular weight excluding hydrogens is 394 g/mol. The van der Waals surface area contributed by atoms with Crippen LogP contribution < -0.4 is 10.1 Å². The molecule has 160 valence electrons. The first-order valence-corrected chi connectivity index (χ1v) is 10.2. The van der Waals surface area contributed by atoms with Gasteiger partial charge in [-0.25, -0.2) is 19.5 Å². The number of ether oxygens (including phenoxy) is 1. The number of rotatable bonds is 5. The number of hydrazine groups is 1. The van der Waals surface area contributed by atoms with Gasteiger partial charge in [-0.2, -0.15) is 5.10 Å². The van der Waals surface area contributed by atoms with Gasteiger partial charge in [0, 0.05) is 19.6 Å². The van der Waals surface area contributed by atoms with Gasteiger partial charge in [0.05, 0.1) is 30.3 Å². The van der Waals surface area contributed by atoms with E-state index in [0.29, 0.717) is 25.2 Å². The largest absolute Gasteiger partial charge is 0.497 e. The Kier molecular flexibility index (Phi) is 5.88. The Morgan fingerprint density at radius 1 is 1.03 bits per heavy atom. The van der Waals surface area contributed by atoms with Crippen molar-refractivity contribution in [2.75, 3.05) is 20.2 Å². The van der Waals surface area contributed by atoms with Gasteiger partial charge in [-0.05, 0) is 43.2 Å². The lowest BCUT2D eigenvalue weighted by Gasteiger charge is -2.28. The Balaban J connectivity index is 1.44. The smallest absolute Gasteiger partial charge is 0.336 e. The van der Waals surface area contributed by atoms with Crippen molar-refractivity contribution in [2.24, 2.45) is 0 Å². The van der Waals surface area contributed by atoms with Gasteiger partial charge in [0.1, 0.15) is 5.75 Å². The third-order valence-corrected chi connectivity index (χ3v) is 5.34. The van der Waals surface area contributed by atoms with Crippen molar-refractivity contribution in [3.63, 3.8) is 0 Å². The van der Waals surface area contributed by atoms with E-state index in [1.807, 2.05) is 61.5 Å². The molecule has 1 N–H and O–H groups in total. The summed E-state index contributed by atoms with van der Waals surface area (Å²) in [6.07, 6.45) is 2.30. The molecule has 8 nitrogen and oxygen atoms in total. The van der Waals surface area contributed by atoms with Crippen molar-refractivity contribution in [1.82, 2.24) is 25.1 Å². The number of methoxy groups -OCH3 is 1. The molecule has 0 atom stereocenters. The molecule has 1 aliphatic rings. The average Bonchev–Trinajstić information content (AvgIpc) is 3.45. The Labute approximate surface area is 181 Å². The van der Waals surface area contributed by atoms with E-state index in [1.165, 1.54) is 10.0 Å². The zero-order chi connectivity index (χ0) is 21.8. The number of benzene rings is 2. The number of nitrogens with zero attached hydrogens (tertiary/aromatic N) is 4. The molecule has 8 heteroatoms. The van der Waals surface area contributed by atoms with Gasteiger partial charge in [-0.15, -0.1) is 0 Å². The van der Waals surface area contributed by atoms with Crippen LogP contribution in [-0.2, 0) is 6.54 Å². The molecule has 0 unspecified atom stereocenters. The van der Waals surface area contributed by atoms with Crippen LogP contribution in [0.3, 0.4) is 0 Å². The van der Waals surface area contributed by atoms with Gasteiger partial charge in [0.25, 0.3) is 5.91 Å². The zero-order valence-corrected chi connectivity index (χ0v) is 17.6. The molecule has 3 amide bonds. The topological polar surface area (TPSA) is 79.7 Å². The molecule has 3 aromatic rings. The zero-order valence-electron chi connectivity index (χ0n) is 17.6. The molecule has 0 radical (unpaired) electrons. The van der Waals surface area contributed by atoms with Crippen molar-refractivity contribution in [1.29, 1.82) is 0 Å². The molecular formula is C23H25N5O3. The van der Waals surface area contributed by atoms with Gasteiger partial charge in [-0.1, -0.05) is 30.3 Å². The Morgan fingerprint density at radius 3 is 2.45 bits per heavy atom. The molecule has 1 aromatic heterocycles. The minimum atomic E-state index is -0.297. The first-order valence-electron chi connectivity index (χ1n) is 10.2. The SMILES string of the molecule is COc1ccc(CNC(=O)N2CCCN2C(=O)c2cnn(-c3ccccc3)c2C)cc1. The number of hydrogen-bond acceptors (Lipinski definition) is 4. The van der Waals surface area contributed by atoms with Gasteiger partial charge < -0.3 is 10.1 Å². The quantitative estimate of drug-likeness (QED) is 0.689. The second-order valence-corrected chi connectivity index (χ2v) is 7.30. The van der Waals surface area contributed by atoms with Crippen molar-refractivity contribution in [3.8, 4) is 11.4 Å². The van der Waals surface area contributed by atoms with Crippen LogP contribution >= 0.6 is 0 Å². The highest BCUT2D eigenvalue weighted by Crippen LogP contribution is 2.20. The summed E-state index contributed by atoms with van der Waals surface area (Å²) in [6, 6.07) is 16.8. The summed E-state index contributed by atoms with van der Waals surface area (Å²) in [5, 5.41) is 10.3. The molecule has 31 heavy (non-hydrogen) atoms.